The molecule has 3 aromatic carbocycles. The average molecular weight is 563 g/mol. The van der Waals surface area contributed by atoms with Crippen LogP contribution in [-0.4, -0.2) is 45.1 Å². The van der Waals surface area contributed by atoms with Gasteiger partial charge < -0.3 is 29.5 Å². The quantitative estimate of drug-likeness (QED) is 0.305. The molecule has 0 amide bonds. The Morgan fingerprint density at radius 3 is 2.22 bits per heavy atom. The molecule has 0 spiro atoms. The summed E-state index contributed by atoms with van der Waals surface area (Å²) < 4.78 is 31.1. The van der Waals surface area contributed by atoms with Crippen LogP contribution in [0.2, 0.25) is 0 Å². The first kappa shape index (κ1) is 31.6. The van der Waals surface area contributed by atoms with E-state index in [1.807, 2.05) is 36.4 Å². The standard InChI is InChI=1S/C22H29FN2O3.C10H12O.C2H2/c1-4-25(17-6-8-21(26-2)22(14-17)27-3)15-16-5-7-20(19(23)13-16)28-18-9-11-24-12-10-18;11-10-6-5-8-3-1-2-4-9(8)7-10;1-2/h5-8,13-14,18,24H,4,9-12,15H2,1-3H3;5-7,11H,1-4H2;1-2H. The Bertz CT molecular complexity index is 1260. The molecule has 7 heteroatoms. The van der Waals surface area contributed by atoms with E-state index in [2.05, 4.69) is 30.0 Å². The number of terminal acetylenes is 1. The Kier molecular flexibility index (Phi) is 12.6. The van der Waals surface area contributed by atoms with Crippen LogP contribution in [0.3, 0.4) is 0 Å². The number of aryl methyl sites for hydroxylation is 2. The lowest BCUT2D eigenvalue weighted by atomic mass is 9.92. The summed E-state index contributed by atoms with van der Waals surface area (Å²) in [7, 11) is 3.24. The Hall–Kier alpha value is -3.89. The number of nitrogens with zero attached hydrogens (tertiary/aromatic N) is 1. The number of phenolic OH excluding ortho intramolecular Hbond substituents is 1. The third-order valence-corrected chi connectivity index (χ3v) is 7.40. The lowest BCUT2D eigenvalue weighted by Crippen LogP contribution is -2.34. The molecule has 41 heavy (non-hydrogen) atoms. The first-order valence-electron chi connectivity index (χ1n) is 14.3. The van der Waals surface area contributed by atoms with Crippen LogP contribution in [0.5, 0.6) is 23.0 Å². The second kappa shape index (κ2) is 16.4. The second-order valence-electron chi connectivity index (χ2n) is 10.0. The molecule has 6 nitrogen and oxygen atoms in total. The largest absolute Gasteiger partial charge is 0.508 e. The summed E-state index contributed by atoms with van der Waals surface area (Å²) >= 11 is 0. The topological polar surface area (TPSA) is 63.2 Å². The minimum absolute atomic E-state index is 0.0838. The number of nitrogens with one attached hydrogen (secondary N) is 1. The molecule has 1 fully saturated rings. The van der Waals surface area contributed by atoms with Gasteiger partial charge in [-0.05, 0) is 112 Å². The molecule has 1 heterocycles. The number of fused-ring (bicyclic) bond motifs is 1. The summed E-state index contributed by atoms with van der Waals surface area (Å²) in [6.07, 6.45) is 14.8. The van der Waals surface area contributed by atoms with Crippen molar-refractivity contribution in [1.82, 2.24) is 5.32 Å². The van der Waals surface area contributed by atoms with Crippen LogP contribution in [0.25, 0.3) is 0 Å². The van der Waals surface area contributed by atoms with Gasteiger partial charge in [-0.2, -0.15) is 0 Å². The van der Waals surface area contributed by atoms with Gasteiger partial charge in [0.05, 0.1) is 14.2 Å². The average Bonchev–Trinajstić information content (AvgIpc) is 3.02. The Balaban J connectivity index is 0.000000294. The maximum absolute atomic E-state index is 14.6. The molecule has 0 aromatic heterocycles. The van der Waals surface area contributed by atoms with Gasteiger partial charge in [0.2, 0.25) is 0 Å². The summed E-state index contributed by atoms with van der Waals surface area (Å²) in [6, 6.07) is 16.8. The van der Waals surface area contributed by atoms with E-state index in [0.29, 0.717) is 29.5 Å². The predicted octanol–water partition coefficient (Wildman–Crippen LogP) is 6.52. The van der Waals surface area contributed by atoms with Gasteiger partial charge in [-0.1, -0.05) is 12.1 Å². The van der Waals surface area contributed by atoms with E-state index in [-0.39, 0.29) is 11.9 Å². The number of rotatable bonds is 8. The van der Waals surface area contributed by atoms with E-state index in [9.17, 15) is 9.50 Å². The summed E-state index contributed by atoms with van der Waals surface area (Å²) in [5.74, 6) is 1.80. The smallest absolute Gasteiger partial charge is 0.165 e. The van der Waals surface area contributed by atoms with Crippen LogP contribution in [0, 0.1) is 18.7 Å². The number of benzene rings is 3. The molecule has 0 atom stereocenters. The molecule has 0 bridgehead atoms. The molecule has 0 saturated carbocycles. The highest BCUT2D eigenvalue weighted by Gasteiger charge is 2.17. The molecule has 5 rings (SSSR count). The summed E-state index contributed by atoms with van der Waals surface area (Å²) in [6.45, 7) is 5.28. The molecule has 0 unspecified atom stereocenters. The number of methoxy groups -OCH3 is 2. The molecule has 220 valence electrons. The van der Waals surface area contributed by atoms with Crippen molar-refractivity contribution in [2.24, 2.45) is 0 Å². The number of hydrogen-bond acceptors (Lipinski definition) is 6. The summed E-state index contributed by atoms with van der Waals surface area (Å²) in [5, 5.41) is 12.5. The lowest BCUT2D eigenvalue weighted by molar-refractivity contribution is 0.156. The van der Waals surface area contributed by atoms with Crippen molar-refractivity contribution >= 4 is 5.69 Å². The highest BCUT2D eigenvalue weighted by Crippen LogP contribution is 2.32. The molecule has 3 aromatic rings. The van der Waals surface area contributed by atoms with Gasteiger partial charge >= 0.3 is 0 Å². The van der Waals surface area contributed by atoms with Crippen LogP contribution < -0.4 is 24.4 Å². The van der Waals surface area contributed by atoms with Gasteiger partial charge in [-0.3, -0.25) is 0 Å². The summed E-state index contributed by atoms with van der Waals surface area (Å²) in [4.78, 5) is 2.16. The molecule has 0 radical (unpaired) electrons. The second-order valence-corrected chi connectivity index (χ2v) is 10.0. The molecule has 1 saturated heterocycles. The van der Waals surface area contributed by atoms with Crippen molar-refractivity contribution in [3.8, 4) is 35.8 Å². The van der Waals surface area contributed by atoms with Crippen molar-refractivity contribution in [3.63, 3.8) is 0 Å². The number of phenols is 1. The fourth-order valence-electron chi connectivity index (χ4n) is 5.18. The van der Waals surface area contributed by atoms with Gasteiger partial charge in [0.1, 0.15) is 11.9 Å². The van der Waals surface area contributed by atoms with Gasteiger partial charge in [-0.15, -0.1) is 12.8 Å². The van der Waals surface area contributed by atoms with Gasteiger partial charge in [-0.25, -0.2) is 4.39 Å². The first-order chi connectivity index (χ1) is 20.0. The van der Waals surface area contributed by atoms with E-state index in [4.69, 9.17) is 14.2 Å². The predicted molar refractivity (Wildman–Crippen MR) is 164 cm³/mol. The van der Waals surface area contributed by atoms with Crippen LogP contribution in [0.15, 0.2) is 54.6 Å². The van der Waals surface area contributed by atoms with Crippen LogP contribution in [-0.2, 0) is 19.4 Å². The van der Waals surface area contributed by atoms with E-state index in [1.165, 1.54) is 30.4 Å². The molecule has 2 N–H and O–H groups in total. The third-order valence-electron chi connectivity index (χ3n) is 7.40. The number of halogens is 1. The maximum Gasteiger partial charge on any atom is 0.165 e. The fourth-order valence-corrected chi connectivity index (χ4v) is 5.18. The highest BCUT2D eigenvalue weighted by molar-refractivity contribution is 5.56. The van der Waals surface area contributed by atoms with Crippen molar-refractivity contribution in [3.05, 3.63) is 77.1 Å². The van der Waals surface area contributed by atoms with E-state index in [0.717, 1.165) is 50.1 Å². The number of anilines is 1. The zero-order chi connectivity index (χ0) is 29.6. The zero-order valence-electron chi connectivity index (χ0n) is 24.5. The summed E-state index contributed by atoms with van der Waals surface area (Å²) in [5.41, 5.74) is 4.66. The molecule has 1 aliphatic heterocycles. The fraction of sp³-hybridized carbons (Fsp3) is 0.412. The number of hydrogen-bond donors (Lipinski definition) is 2. The SMILES string of the molecule is C#C.CCN(Cc1ccc(OC2CCNCC2)c(F)c1)c1ccc(OC)c(OC)c1.Oc1ccc2c(c1)CCCC2. The monoisotopic (exact) mass is 562 g/mol. The van der Waals surface area contributed by atoms with E-state index in [1.54, 1.807) is 32.4 Å². The Labute approximate surface area is 244 Å². The molecular weight excluding hydrogens is 519 g/mol. The van der Waals surface area contributed by atoms with Crippen molar-refractivity contribution in [2.75, 3.05) is 38.8 Å². The van der Waals surface area contributed by atoms with E-state index < -0.39 is 0 Å². The molecular formula is C34H43FN2O4. The third kappa shape index (κ3) is 9.06. The van der Waals surface area contributed by atoms with Crippen molar-refractivity contribution < 1.29 is 23.7 Å². The molecule has 1 aliphatic carbocycles. The van der Waals surface area contributed by atoms with Gasteiger partial charge in [0.15, 0.2) is 23.1 Å². The first-order valence-corrected chi connectivity index (χ1v) is 14.3. The Morgan fingerprint density at radius 1 is 0.878 bits per heavy atom. The van der Waals surface area contributed by atoms with Crippen LogP contribution in [0.1, 0.15) is 49.3 Å². The van der Waals surface area contributed by atoms with E-state index >= 15 is 0 Å². The highest BCUT2D eigenvalue weighted by atomic mass is 19.1. The van der Waals surface area contributed by atoms with Crippen LogP contribution in [0.4, 0.5) is 10.1 Å². The normalized spacial score (nSPS) is 14.3. The number of aromatic hydroxyl groups is 1. The van der Waals surface area contributed by atoms with Gasteiger partial charge in [0.25, 0.3) is 0 Å². The van der Waals surface area contributed by atoms with Crippen molar-refractivity contribution in [1.29, 1.82) is 0 Å². The minimum Gasteiger partial charge on any atom is -0.508 e. The van der Waals surface area contributed by atoms with Crippen LogP contribution >= 0.6 is 0 Å². The number of piperidine rings is 1. The number of ether oxygens (including phenoxy) is 3. The Morgan fingerprint density at radius 2 is 1.56 bits per heavy atom. The lowest BCUT2D eigenvalue weighted by Gasteiger charge is -2.25. The molecule has 2 aliphatic rings. The van der Waals surface area contributed by atoms with Gasteiger partial charge in [0, 0.05) is 24.8 Å². The zero-order valence-corrected chi connectivity index (χ0v) is 24.5. The van der Waals surface area contributed by atoms with Crippen molar-refractivity contribution in [2.45, 2.75) is 58.1 Å². The maximum atomic E-state index is 14.6. The minimum atomic E-state index is -0.306.